The number of amides is 2. The maximum Gasteiger partial charge on any atom is 0.395 e. The first-order valence-corrected chi connectivity index (χ1v) is 14.0. The normalized spacial score (nSPS) is 21.7. The molecule has 6 nitrogen and oxygen atoms in total. The Balaban J connectivity index is 1.29. The van der Waals surface area contributed by atoms with Crippen LogP contribution in [0.15, 0.2) is 42.5 Å². The summed E-state index contributed by atoms with van der Waals surface area (Å²) in [5.74, 6) is -2.03. The second kappa shape index (κ2) is 11.4. The average molecular weight is 562 g/mol. The Hall–Kier alpha value is -3.14. The van der Waals surface area contributed by atoms with Gasteiger partial charge in [0.05, 0.1) is 17.6 Å². The summed E-state index contributed by atoms with van der Waals surface area (Å²) in [6, 6.07) is 11.3. The van der Waals surface area contributed by atoms with Crippen molar-refractivity contribution in [3.8, 4) is 16.9 Å². The van der Waals surface area contributed by atoms with Gasteiger partial charge in [0.2, 0.25) is 5.91 Å². The lowest BCUT2D eigenvalue weighted by Crippen LogP contribution is -2.53. The summed E-state index contributed by atoms with van der Waals surface area (Å²) < 4.78 is 62.7. The van der Waals surface area contributed by atoms with Crippen molar-refractivity contribution in [2.45, 2.75) is 57.2 Å². The molecule has 0 spiro atoms. The van der Waals surface area contributed by atoms with Gasteiger partial charge in [-0.1, -0.05) is 36.8 Å². The molecule has 5 rings (SSSR count). The SMILES string of the molecule is NC(=O)C1CCCN1C(=O)c1c(-c2ccccc2)ccc(OCC2CCN(CC3(C(F)(F)F)CCC3)CC2)c1F. The maximum atomic E-state index is 16.0. The molecular weight excluding hydrogens is 526 g/mol. The first kappa shape index (κ1) is 28.4. The summed E-state index contributed by atoms with van der Waals surface area (Å²) in [6.07, 6.45) is -0.856. The molecule has 2 saturated heterocycles. The Bertz CT molecular complexity index is 1220. The molecule has 1 saturated carbocycles. The molecule has 3 fully saturated rings. The van der Waals surface area contributed by atoms with Crippen molar-refractivity contribution < 1.29 is 31.9 Å². The van der Waals surface area contributed by atoms with Crippen molar-refractivity contribution in [2.75, 3.05) is 32.8 Å². The molecule has 1 unspecified atom stereocenters. The van der Waals surface area contributed by atoms with Crippen LogP contribution in [0.2, 0.25) is 0 Å². The maximum absolute atomic E-state index is 16.0. The molecule has 0 aromatic heterocycles. The summed E-state index contributed by atoms with van der Waals surface area (Å²) in [4.78, 5) is 28.8. The summed E-state index contributed by atoms with van der Waals surface area (Å²) in [6.45, 7) is 1.61. The van der Waals surface area contributed by atoms with Crippen LogP contribution in [0.3, 0.4) is 0 Å². The smallest absolute Gasteiger partial charge is 0.395 e. The zero-order valence-corrected chi connectivity index (χ0v) is 22.4. The van der Waals surface area contributed by atoms with Crippen LogP contribution in [0.4, 0.5) is 17.6 Å². The highest BCUT2D eigenvalue weighted by Gasteiger charge is 2.58. The number of likely N-dealkylation sites (tertiary alicyclic amines) is 2. The van der Waals surface area contributed by atoms with Gasteiger partial charge in [0.1, 0.15) is 6.04 Å². The molecule has 2 amide bonds. The summed E-state index contributed by atoms with van der Waals surface area (Å²) in [5.41, 5.74) is 4.83. The van der Waals surface area contributed by atoms with Crippen LogP contribution in [-0.4, -0.2) is 66.6 Å². The van der Waals surface area contributed by atoms with E-state index in [2.05, 4.69) is 0 Å². The van der Waals surface area contributed by atoms with E-state index in [1.807, 2.05) is 11.0 Å². The lowest BCUT2D eigenvalue weighted by molar-refractivity contribution is -0.256. The Morgan fingerprint density at radius 3 is 2.27 bits per heavy atom. The van der Waals surface area contributed by atoms with Gasteiger partial charge in [-0.3, -0.25) is 9.59 Å². The number of hydrogen-bond donors (Lipinski definition) is 1. The number of carbonyl (C=O) groups excluding carboxylic acids is 2. The highest BCUT2D eigenvalue weighted by molar-refractivity contribution is 6.03. The fourth-order valence-electron chi connectivity index (χ4n) is 6.27. The van der Waals surface area contributed by atoms with E-state index in [0.29, 0.717) is 62.9 Å². The summed E-state index contributed by atoms with van der Waals surface area (Å²) in [5, 5.41) is 0. The van der Waals surface area contributed by atoms with Crippen molar-refractivity contribution >= 4 is 11.8 Å². The number of piperidine rings is 1. The zero-order valence-electron chi connectivity index (χ0n) is 22.4. The first-order chi connectivity index (χ1) is 19.1. The summed E-state index contributed by atoms with van der Waals surface area (Å²) >= 11 is 0. The van der Waals surface area contributed by atoms with Crippen LogP contribution >= 0.6 is 0 Å². The number of ether oxygens (including phenoxy) is 1. The third kappa shape index (κ3) is 5.55. The van der Waals surface area contributed by atoms with Gasteiger partial charge in [0.25, 0.3) is 5.91 Å². The number of carbonyl (C=O) groups is 2. The first-order valence-electron chi connectivity index (χ1n) is 14.0. The predicted molar refractivity (Wildman–Crippen MR) is 142 cm³/mol. The molecule has 2 N–H and O–H groups in total. The van der Waals surface area contributed by atoms with Crippen LogP contribution in [0.5, 0.6) is 5.75 Å². The van der Waals surface area contributed by atoms with E-state index in [1.54, 1.807) is 30.3 Å². The lowest BCUT2D eigenvalue weighted by Gasteiger charge is -2.47. The molecule has 2 heterocycles. The molecule has 1 aliphatic carbocycles. The molecule has 0 bridgehead atoms. The van der Waals surface area contributed by atoms with Crippen LogP contribution in [-0.2, 0) is 4.79 Å². The number of nitrogens with zero attached hydrogens (tertiary/aromatic N) is 2. The van der Waals surface area contributed by atoms with Crippen LogP contribution in [0, 0.1) is 17.2 Å². The average Bonchev–Trinajstić information content (AvgIpc) is 3.41. The molecule has 0 radical (unpaired) electrons. The van der Waals surface area contributed by atoms with Gasteiger partial charge in [-0.05, 0) is 80.8 Å². The van der Waals surface area contributed by atoms with E-state index >= 15 is 4.39 Å². The summed E-state index contributed by atoms with van der Waals surface area (Å²) in [7, 11) is 0. The Morgan fingerprint density at radius 2 is 1.68 bits per heavy atom. The van der Waals surface area contributed by atoms with Gasteiger partial charge in [-0.2, -0.15) is 13.2 Å². The number of primary amides is 1. The van der Waals surface area contributed by atoms with E-state index in [0.717, 1.165) is 0 Å². The third-order valence-corrected chi connectivity index (χ3v) is 8.87. The molecular formula is C30H35F4N3O3. The number of benzene rings is 2. The van der Waals surface area contributed by atoms with E-state index in [4.69, 9.17) is 10.5 Å². The number of halogens is 4. The van der Waals surface area contributed by atoms with Crippen molar-refractivity contribution in [1.29, 1.82) is 0 Å². The topological polar surface area (TPSA) is 75.9 Å². The van der Waals surface area contributed by atoms with Gasteiger partial charge in [0.15, 0.2) is 11.6 Å². The Morgan fingerprint density at radius 1 is 0.975 bits per heavy atom. The second-order valence-electron chi connectivity index (χ2n) is 11.4. The molecule has 1 atom stereocenters. The minimum atomic E-state index is -4.18. The standard InChI is InChI=1S/C30H35F4N3O3/c31-26-24(40-18-20-11-16-36(17-12-20)19-29(13-5-14-29)30(32,33)34)10-9-22(21-6-2-1-3-7-21)25(26)28(39)37-15-4-8-23(37)27(35)38/h1-3,6-7,9-10,20,23H,4-5,8,11-19H2,(H2,35,38). The van der Waals surface area contributed by atoms with E-state index < -0.39 is 35.3 Å². The van der Waals surface area contributed by atoms with Crippen LogP contribution < -0.4 is 10.5 Å². The monoisotopic (exact) mass is 561 g/mol. The van der Waals surface area contributed by atoms with Gasteiger partial charge in [-0.15, -0.1) is 0 Å². The van der Waals surface area contributed by atoms with E-state index in [9.17, 15) is 22.8 Å². The quantitative estimate of drug-likeness (QED) is 0.438. The number of alkyl halides is 3. The highest BCUT2D eigenvalue weighted by atomic mass is 19.4. The largest absolute Gasteiger partial charge is 0.490 e. The van der Waals surface area contributed by atoms with E-state index in [1.165, 1.54) is 11.0 Å². The molecule has 10 heteroatoms. The molecule has 40 heavy (non-hydrogen) atoms. The molecule has 216 valence electrons. The van der Waals surface area contributed by atoms with Gasteiger partial charge in [0, 0.05) is 13.1 Å². The lowest BCUT2D eigenvalue weighted by atomic mass is 9.67. The van der Waals surface area contributed by atoms with Crippen LogP contribution in [0.1, 0.15) is 55.3 Å². The number of nitrogens with two attached hydrogens (primary N) is 1. The Kier molecular flexibility index (Phi) is 8.08. The van der Waals surface area contributed by atoms with Crippen molar-refractivity contribution in [1.82, 2.24) is 9.80 Å². The van der Waals surface area contributed by atoms with E-state index in [-0.39, 0.29) is 43.2 Å². The van der Waals surface area contributed by atoms with Crippen molar-refractivity contribution in [3.63, 3.8) is 0 Å². The van der Waals surface area contributed by atoms with Gasteiger partial charge >= 0.3 is 6.18 Å². The molecule has 3 aliphatic rings. The van der Waals surface area contributed by atoms with Crippen molar-refractivity contribution in [3.05, 3.63) is 53.8 Å². The zero-order chi connectivity index (χ0) is 28.5. The molecule has 2 aromatic rings. The van der Waals surface area contributed by atoms with Gasteiger partial charge < -0.3 is 20.3 Å². The fraction of sp³-hybridized carbons (Fsp3) is 0.533. The van der Waals surface area contributed by atoms with Gasteiger partial charge in [-0.25, -0.2) is 4.39 Å². The minimum absolute atomic E-state index is 0.0356. The van der Waals surface area contributed by atoms with Crippen molar-refractivity contribution in [2.24, 2.45) is 17.1 Å². The molecule has 2 aliphatic heterocycles. The third-order valence-electron chi connectivity index (χ3n) is 8.87. The highest BCUT2D eigenvalue weighted by Crippen LogP contribution is 2.53. The van der Waals surface area contributed by atoms with Crippen LogP contribution in [0.25, 0.3) is 11.1 Å². The minimum Gasteiger partial charge on any atom is -0.490 e. The predicted octanol–water partition coefficient (Wildman–Crippen LogP) is 5.41. The number of hydrogen-bond acceptors (Lipinski definition) is 4. The Labute approximate surface area is 231 Å². The fourth-order valence-corrected chi connectivity index (χ4v) is 6.27. The second-order valence-corrected chi connectivity index (χ2v) is 11.4. The molecule has 2 aromatic carbocycles. The number of rotatable bonds is 8.